The van der Waals surface area contributed by atoms with Gasteiger partial charge in [-0.3, -0.25) is 4.79 Å². The van der Waals surface area contributed by atoms with Crippen LogP contribution in [-0.4, -0.2) is 19.1 Å². The highest BCUT2D eigenvalue weighted by molar-refractivity contribution is 5.96. The van der Waals surface area contributed by atoms with Crippen molar-refractivity contribution in [2.75, 3.05) is 13.2 Å². The molecule has 0 aliphatic carbocycles. The molecule has 0 unspecified atom stereocenters. The minimum Gasteiger partial charge on any atom is -0.493 e. The SMILES string of the molecule is O=C(C=C1CCCOc2cc(C(F)(F)F)ccc21)NCc1ccc2c(c1)CCO2. The molecule has 0 saturated heterocycles. The van der Waals surface area contributed by atoms with Crippen molar-refractivity contribution in [3.05, 3.63) is 64.7 Å². The molecule has 1 N–H and O–H groups in total. The number of halogens is 3. The van der Waals surface area contributed by atoms with Gasteiger partial charge in [-0.05, 0) is 47.7 Å². The third kappa shape index (κ3) is 4.39. The Morgan fingerprint density at radius 2 is 1.86 bits per heavy atom. The lowest BCUT2D eigenvalue weighted by atomic mass is 9.99. The molecule has 2 aromatic rings. The van der Waals surface area contributed by atoms with Gasteiger partial charge in [0.1, 0.15) is 11.5 Å². The van der Waals surface area contributed by atoms with E-state index in [4.69, 9.17) is 9.47 Å². The molecule has 7 heteroatoms. The van der Waals surface area contributed by atoms with Crippen molar-refractivity contribution in [2.45, 2.75) is 32.0 Å². The molecule has 0 bridgehead atoms. The van der Waals surface area contributed by atoms with E-state index in [2.05, 4.69) is 5.32 Å². The van der Waals surface area contributed by atoms with Crippen LogP contribution in [-0.2, 0) is 23.9 Å². The second-order valence-electron chi connectivity index (χ2n) is 7.09. The summed E-state index contributed by atoms with van der Waals surface area (Å²) in [6.07, 6.45) is -0.941. The fraction of sp³-hybridized carbons (Fsp3) is 0.318. The van der Waals surface area contributed by atoms with E-state index in [1.807, 2.05) is 18.2 Å². The van der Waals surface area contributed by atoms with Gasteiger partial charge in [0.2, 0.25) is 5.91 Å². The Hall–Kier alpha value is -2.96. The second-order valence-corrected chi connectivity index (χ2v) is 7.09. The third-order valence-corrected chi connectivity index (χ3v) is 5.03. The zero-order chi connectivity index (χ0) is 20.4. The topological polar surface area (TPSA) is 47.6 Å². The highest BCUT2D eigenvalue weighted by Crippen LogP contribution is 2.38. The normalized spacial score (nSPS) is 17.0. The van der Waals surface area contributed by atoms with Crippen molar-refractivity contribution in [3.8, 4) is 11.5 Å². The minimum absolute atomic E-state index is 0.162. The number of nitrogens with one attached hydrogen (secondary N) is 1. The Balaban J connectivity index is 1.49. The molecule has 0 radical (unpaired) electrons. The van der Waals surface area contributed by atoms with E-state index in [1.54, 1.807) is 0 Å². The Morgan fingerprint density at radius 3 is 2.69 bits per heavy atom. The van der Waals surface area contributed by atoms with Gasteiger partial charge in [0.05, 0.1) is 18.8 Å². The summed E-state index contributed by atoms with van der Waals surface area (Å²) in [6.45, 7) is 1.35. The first-order valence-electron chi connectivity index (χ1n) is 9.47. The van der Waals surface area contributed by atoms with E-state index < -0.39 is 11.7 Å². The zero-order valence-corrected chi connectivity index (χ0v) is 15.6. The number of rotatable bonds is 3. The molecule has 29 heavy (non-hydrogen) atoms. The van der Waals surface area contributed by atoms with Gasteiger partial charge in [-0.15, -0.1) is 0 Å². The van der Waals surface area contributed by atoms with Gasteiger partial charge in [0.15, 0.2) is 0 Å². The summed E-state index contributed by atoms with van der Waals surface area (Å²) in [4.78, 5) is 12.4. The number of alkyl halides is 3. The van der Waals surface area contributed by atoms with Crippen LogP contribution in [0.5, 0.6) is 11.5 Å². The maximum Gasteiger partial charge on any atom is 0.416 e. The highest BCUT2D eigenvalue weighted by atomic mass is 19.4. The molecule has 2 aliphatic rings. The maximum absolute atomic E-state index is 13.0. The van der Waals surface area contributed by atoms with Gasteiger partial charge < -0.3 is 14.8 Å². The van der Waals surface area contributed by atoms with Gasteiger partial charge in [-0.1, -0.05) is 18.2 Å². The van der Waals surface area contributed by atoms with E-state index >= 15 is 0 Å². The lowest BCUT2D eigenvalue weighted by Crippen LogP contribution is -2.20. The number of fused-ring (bicyclic) bond motifs is 2. The molecule has 4 nitrogen and oxygen atoms in total. The average molecular weight is 403 g/mol. The monoisotopic (exact) mass is 403 g/mol. The van der Waals surface area contributed by atoms with Crippen molar-refractivity contribution in [1.82, 2.24) is 5.32 Å². The predicted molar refractivity (Wildman–Crippen MR) is 102 cm³/mol. The van der Waals surface area contributed by atoms with E-state index in [-0.39, 0.29) is 11.7 Å². The van der Waals surface area contributed by atoms with Crippen LogP contribution in [0.2, 0.25) is 0 Å². The molecule has 4 rings (SSSR count). The van der Waals surface area contributed by atoms with E-state index in [9.17, 15) is 18.0 Å². The quantitative estimate of drug-likeness (QED) is 0.767. The number of benzene rings is 2. The molecule has 0 fully saturated rings. The van der Waals surface area contributed by atoms with Crippen molar-refractivity contribution in [1.29, 1.82) is 0 Å². The van der Waals surface area contributed by atoms with Gasteiger partial charge >= 0.3 is 6.18 Å². The fourth-order valence-electron chi connectivity index (χ4n) is 3.56. The van der Waals surface area contributed by atoms with Gasteiger partial charge in [0.25, 0.3) is 0 Å². The lowest BCUT2D eigenvalue weighted by molar-refractivity contribution is -0.137. The fourth-order valence-corrected chi connectivity index (χ4v) is 3.56. The van der Waals surface area contributed by atoms with Crippen molar-refractivity contribution >= 4 is 11.5 Å². The summed E-state index contributed by atoms with van der Waals surface area (Å²) >= 11 is 0. The van der Waals surface area contributed by atoms with Crippen molar-refractivity contribution in [3.63, 3.8) is 0 Å². The predicted octanol–water partition coefficient (Wildman–Crippen LogP) is 4.51. The van der Waals surface area contributed by atoms with E-state index in [1.165, 1.54) is 12.1 Å². The summed E-state index contributed by atoms with van der Waals surface area (Å²) < 4.78 is 49.9. The second kappa shape index (κ2) is 7.81. The Morgan fingerprint density at radius 1 is 1.03 bits per heavy atom. The number of carbonyl (C=O) groups is 1. The molecule has 152 valence electrons. The molecule has 2 heterocycles. The largest absolute Gasteiger partial charge is 0.493 e. The summed E-state index contributed by atoms with van der Waals surface area (Å²) in [5, 5.41) is 2.85. The number of amides is 1. The summed E-state index contributed by atoms with van der Waals surface area (Å²) in [7, 11) is 0. The molecular formula is C22H20F3NO3. The number of hydrogen-bond acceptors (Lipinski definition) is 3. The van der Waals surface area contributed by atoms with Gasteiger partial charge in [-0.2, -0.15) is 13.2 Å². The lowest BCUT2D eigenvalue weighted by Gasteiger charge is -2.13. The number of ether oxygens (including phenoxy) is 2. The standard InChI is InChI=1S/C22H20F3NO3/c23-22(24,25)17-4-5-18-15(2-1-8-28-20(18)12-17)11-21(27)26-13-14-3-6-19-16(10-14)7-9-29-19/h3-6,10-12H,1-2,7-9,13H2,(H,26,27). The number of carbonyl (C=O) groups excluding carboxylic acids is 1. The molecule has 0 saturated carbocycles. The van der Waals surface area contributed by atoms with E-state index in [0.29, 0.717) is 43.7 Å². The van der Waals surface area contributed by atoms with Crippen LogP contribution in [0.4, 0.5) is 13.2 Å². The Labute approximate surface area is 166 Å². The zero-order valence-electron chi connectivity index (χ0n) is 15.6. The molecule has 0 atom stereocenters. The molecule has 2 aliphatic heterocycles. The molecule has 2 aromatic carbocycles. The number of allylic oxidation sites excluding steroid dienone is 1. The molecule has 1 amide bonds. The van der Waals surface area contributed by atoms with Crippen LogP contribution in [0.25, 0.3) is 5.57 Å². The maximum atomic E-state index is 13.0. The summed E-state index contributed by atoms with van der Waals surface area (Å²) in [5.41, 5.74) is 2.54. The van der Waals surface area contributed by atoms with Gasteiger partial charge in [-0.25, -0.2) is 0 Å². The van der Waals surface area contributed by atoms with Crippen molar-refractivity contribution in [2.24, 2.45) is 0 Å². The summed E-state index contributed by atoms with van der Waals surface area (Å²) in [5.74, 6) is 0.759. The molecule has 0 spiro atoms. The van der Waals surface area contributed by atoms with Crippen LogP contribution in [0, 0.1) is 0 Å². The minimum atomic E-state index is -4.44. The van der Waals surface area contributed by atoms with Crippen LogP contribution in [0.3, 0.4) is 0 Å². The van der Waals surface area contributed by atoms with Crippen LogP contribution in [0.15, 0.2) is 42.5 Å². The van der Waals surface area contributed by atoms with Gasteiger partial charge in [0, 0.05) is 24.6 Å². The smallest absolute Gasteiger partial charge is 0.416 e. The van der Waals surface area contributed by atoms with Crippen molar-refractivity contribution < 1.29 is 27.4 Å². The average Bonchev–Trinajstić information content (AvgIpc) is 3.06. The Bertz CT molecular complexity index is 966. The van der Waals surface area contributed by atoms with Crippen LogP contribution < -0.4 is 14.8 Å². The Kier molecular flexibility index (Phi) is 5.22. The van der Waals surface area contributed by atoms with E-state index in [0.717, 1.165) is 35.4 Å². The number of hydrogen-bond donors (Lipinski definition) is 1. The third-order valence-electron chi connectivity index (χ3n) is 5.03. The molecule has 0 aromatic heterocycles. The van der Waals surface area contributed by atoms with Crippen LogP contribution in [0.1, 0.15) is 35.1 Å². The first-order valence-corrected chi connectivity index (χ1v) is 9.47. The first kappa shape index (κ1) is 19.4. The molecular weight excluding hydrogens is 383 g/mol. The first-order chi connectivity index (χ1) is 13.9. The van der Waals surface area contributed by atoms with Crippen LogP contribution >= 0.6 is 0 Å². The highest BCUT2D eigenvalue weighted by Gasteiger charge is 2.32. The summed E-state index contributed by atoms with van der Waals surface area (Å²) in [6, 6.07) is 9.22.